The molecule has 6 nitrogen and oxygen atoms in total. The van der Waals surface area contributed by atoms with Gasteiger partial charge in [-0.25, -0.2) is 4.68 Å². The van der Waals surface area contributed by atoms with Crippen molar-refractivity contribution in [2.24, 2.45) is 12.8 Å². The third kappa shape index (κ3) is 1.72. The van der Waals surface area contributed by atoms with Gasteiger partial charge in [0.2, 0.25) is 5.95 Å². The molecular formula is C6H13N5O. The van der Waals surface area contributed by atoms with E-state index >= 15 is 0 Å². The molecule has 0 saturated heterocycles. The zero-order valence-corrected chi connectivity index (χ0v) is 7.19. The van der Waals surface area contributed by atoms with Crippen molar-refractivity contribution < 1.29 is 4.74 Å². The van der Waals surface area contributed by atoms with Gasteiger partial charge in [-0.2, -0.15) is 10.1 Å². The summed E-state index contributed by atoms with van der Waals surface area (Å²) in [6.45, 7) is 0.392. The Kier molecular flexibility index (Phi) is 2.61. The van der Waals surface area contributed by atoms with Crippen molar-refractivity contribution in [2.45, 2.75) is 6.04 Å². The zero-order chi connectivity index (χ0) is 9.14. The first-order chi connectivity index (χ1) is 5.65. The first-order valence-corrected chi connectivity index (χ1v) is 3.56. The van der Waals surface area contributed by atoms with Crippen LogP contribution >= 0.6 is 0 Å². The van der Waals surface area contributed by atoms with Crippen molar-refractivity contribution in [3.05, 3.63) is 5.82 Å². The van der Waals surface area contributed by atoms with E-state index in [-0.39, 0.29) is 6.04 Å². The lowest BCUT2D eigenvalue weighted by molar-refractivity contribution is 0.178. The van der Waals surface area contributed by atoms with Crippen LogP contribution in [0.15, 0.2) is 0 Å². The highest BCUT2D eigenvalue weighted by Gasteiger charge is 2.12. The molecule has 0 aromatic carbocycles. The minimum Gasteiger partial charge on any atom is -0.383 e. The van der Waals surface area contributed by atoms with Gasteiger partial charge in [0.15, 0.2) is 5.82 Å². The molecule has 0 bridgehead atoms. The van der Waals surface area contributed by atoms with E-state index < -0.39 is 0 Å². The Morgan fingerprint density at radius 1 is 1.67 bits per heavy atom. The summed E-state index contributed by atoms with van der Waals surface area (Å²) in [5, 5.41) is 4.00. The maximum atomic E-state index is 5.67. The minimum absolute atomic E-state index is 0.307. The lowest BCUT2D eigenvalue weighted by Gasteiger charge is -2.03. The molecule has 0 aliphatic carbocycles. The van der Waals surface area contributed by atoms with Crippen LogP contribution in [0.25, 0.3) is 0 Å². The molecule has 0 fully saturated rings. The van der Waals surface area contributed by atoms with Gasteiger partial charge in [-0.1, -0.05) is 0 Å². The summed E-state index contributed by atoms with van der Waals surface area (Å²) in [5.41, 5.74) is 11.1. The maximum Gasteiger partial charge on any atom is 0.218 e. The predicted molar refractivity (Wildman–Crippen MR) is 44.2 cm³/mol. The van der Waals surface area contributed by atoms with E-state index in [2.05, 4.69) is 10.1 Å². The van der Waals surface area contributed by atoms with Crippen LogP contribution in [-0.2, 0) is 11.8 Å². The quantitative estimate of drug-likeness (QED) is 0.611. The van der Waals surface area contributed by atoms with Crippen molar-refractivity contribution in [2.75, 3.05) is 19.5 Å². The van der Waals surface area contributed by atoms with E-state index in [1.807, 2.05) is 0 Å². The SMILES string of the molecule is COCC(N)c1nc(N)n(C)n1. The van der Waals surface area contributed by atoms with Gasteiger partial charge < -0.3 is 16.2 Å². The predicted octanol–water partition coefficient (Wildman–Crippen LogP) is -0.956. The fraction of sp³-hybridized carbons (Fsp3) is 0.667. The Bertz CT molecular complexity index is 239. The summed E-state index contributed by atoms with van der Waals surface area (Å²) in [5.74, 6) is 0.869. The van der Waals surface area contributed by atoms with Crippen LogP contribution in [0.2, 0.25) is 0 Å². The zero-order valence-electron chi connectivity index (χ0n) is 7.19. The Labute approximate surface area is 70.5 Å². The van der Waals surface area contributed by atoms with Crippen molar-refractivity contribution in [3.63, 3.8) is 0 Å². The minimum atomic E-state index is -0.307. The molecule has 6 heteroatoms. The standard InChI is InChI=1S/C6H13N5O/c1-11-6(8)9-5(10-11)4(7)3-12-2/h4H,3,7H2,1-2H3,(H2,8,9,10). The van der Waals surface area contributed by atoms with Crippen molar-refractivity contribution in [1.29, 1.82) is 0 Å². The molecule has 0 saturated carbocycles. The van der Waals surface area contributed by atoms with Gasteiger partial charge >= 0.3 is 0 Å². The molecule has 68 valence electrons. The lowest BCUT2D eigenvalue weighted by atomic mass is 10.3. The molecule has 1 unspecified atom stereocenters. The Balaban J connectivity index is 2.74. The summed E-state index contributed by atoms with van der Waals surface area (Å²) in [7, 11) is 3.29. The van der Waals surface area contributed by atoms with Gasteiger partial charge in [0.25, 0.3) is 0 Å². The van der Waals surface area contributed by atoms with Gasteiger partial charge in [0.1, 0.15) is 0 Å². The van der Waals surface area contributed by atoms with E-state index in [0.29, 0.717) is 18.4 Å². The molecule has 0 aliphatic heterocycles. The number of hydrogen-bond acceptors (Lipinski definition) is 5. The van der Waals surface area contributed by atoms with Crippen molar-refractivity contribution >= 4 is 5.95 Å². The van der Waals surface area contributed by atoms with Crippen LogP contribution in [0.3, 0.4) is 0 Å². The average molecular weight is 171 g/mol. The molecule has 4 N–H and O–H groups in total. The van der Waals surface area contributed by atoms with Gasteiger partial charge in [0, 0.05) is 14.2 Å². The third-order valence-corrected chi connectivity index (χ3v) is 1.49. The normalized spacial score (nSPS) is 13.2. The number of methoxy groups -OCH3 is 1. The summed E-state index contributed by atoms with van der Waals surface area (Å²) in [6.07, 6.45) is 0. The summed E-state index contributed by atoms with van der Waals surface area (Å²) < 4.78 is 6.33. The van der Waals surface area contributed by atoms with E-state index in [4.69, 9.17) is 16.2 Å². The number of ether oxygens (including phenoxy) is 1. The smallest absolute Gasteiger partial charge is 0.218 e. The monoisotopic (exact) mass is 171 g/mol. The van der Waals surface area contributed by atoms with Crippen molar-refractivity contribution in [3.8, 4) is 0 Å². The Hall–Kier alpha value is -1.14. The molecule has 0 radical (unpaired) electrons. The molecule has 0 spiro atoms. The number of nitrogens with zero attached hydrogens (tertiary/aromatic N) is 3. The first-order valence-electron chi connectivity index (χ1n) is 3.56. The van der Waals surface area contributed by atoms with E-state index in [1.165, 1.54) is 4.68 Å². The number of hydrogen-bond donors (Lipinski definition) is 2. The number of aromatic nitrogens is 3. The highest BCUT2D eigenvalue weighted by molar-refractivity contribution is 5.16. The number of nitrogen functional groups attached to an aromatic ring is 1. The molecule has 1 aromatic heterocycles. The van der Waals surface area contributed by atoms with Crippen LogP contribution in [0.4, 0.5) is 5.95 Å². The number of anilines is 1. The van der Waals surface area contributed by atoms with Crippen LogP contribution in [0.5, 0.6) is 0 Å². The van der Waals surface area contributed by atoms with Gasteiger partial charge in [-0.05, 0) is 0 Å². The highest BCUT2D eigenvalue weighted by atomic mass is 16.5. The summed E-state index contributed by atoms with van der Waals surface area (Å²) in [6, 6.07) is -0.307. The topological polar surface area (TPSA) is 92.0 Å². The molecule has 0 aliphatic rings. The molecule has 1 aromatic rings. The van der Waals surface area contributed by atoms with Crippen LogP contribution in [-0.4, -0.2) is 28.5 Å². The van der Waals surface area contributed by atoms with Gasteiger partial charge in [0.05, 0.1) is 12.6 Å². The molecule has 12 heavy (non-hydrogen) atoms. The number of aryl methyl sites for hydroxylation is 1. The van der Waals surface area contributed by atoms with Crippen molar-refractivity contribution in [1.82, 2.24) is 14.8 Å². The van der Waals surface area contributed by atoms with E-state index in [9.17, 15) is 0 Å². The fourth-order valence-corrected chi connectivity index (χ4v) is 0.828. The summed E-state index contributed by atoms with van der Waals surface area (Å²) >= 11 is 0. The molecular weight excluding hydrogens is 158 g/mol. The largest absolute Gasteiger partial charge is 0.383 e. The second-order valence-corrected chi connectivity index (χ2v) is 2.51. The number of nitrogens with two attached hydrogens (primary N) is 2. The Morgan fingerprint density at radius 2 is 2.33 bits per heavy atom. The van der Waals surface area contributed by atoms with Crippen LogP contribution < -0.4 is 11.5 Å². The maximum absolute atomic E-state index is 5.67. The second-order valence-electron chi connectivity index (χ2n) is 2.51. The molecule has 1 heterocycles. The third-order valence-electron chi connectivity index (χ3n) is 1.49. The highest BCUT2D eigenvalue weighted by Crippen LogP contribution is 2.06. The number of rotatable bonds is 3. The van der Waals surface area contributed by atoms with Crippen LogP contribution in [0.1, 0.15) is 11.9 Å². The second kappa shape index (κ2) is 3.51. The van der Waals surface area contributed by atoms with E-state index in [0.717, 1.165) is 0 Å². The van der Waals surface area contributed by atoms with Crippen LogP contribution in [0, 0.1) is 0 Å². The van der Waals surface area contributed by atoms with Gasteiger partial charge in [-0.15, -0.1) is 0 Å². The lowest BCUT2D eigenvalue weighted by Crippen LogP contribution is -2.17. The molecule has 1 atom stereocenters. The van der Waals surface area contributed by atoms with E-state index in [1.54, 1.807) is 14.2 Å². The first kappa shape index (κ1) is 8.95. The fourth-order valence-electron chi connectivity index (χ4n) is 0.828. The molecule has 1 rings (SSSR count). The average Bonchev–Trinajstić information content (AvgIpc) is 2.33. The Morgan fingerprint density at radius 3 is 2.75 bits per heavy atom. The molecule has 0 amide bonds. The van der Waals surface area contributed by atoms with Gasteiger partial charge in [-0.3, -0.25) is 0 Å². The summed E-state index contributed by atoms with van der Waals surface area (Å²) in [4.78, 5) is 3.95.